The number of carbonyl (C=O) groups excluding carboxylic acids is 1. The van der Waals surface area contributed by atoms with Crippen molar-refractivity contribution in [2.75, 3.05) is 6.61 Å². The first-order valence-electron chi connectivity index (χ1n) is 6.97. The molecule has 19 heavy (non-hydrogen) atoms. The van der Waals surface area contributed by atoms with Crippen molar-refractivity contribution < 1.29 is 14.6 Å². The van der Waals surface area contributed by atoms with E-state index in [-0.39, 0.29) is 5.78 Å². The van der Waals surface area contributed by atoms with Crippen LogP contribution in [-0.2, 0) is 0 Å². The van der Waals surface area contributed by atoms with Crippen LogP contribution < -0.4 is 4.74 Å². The number of aryl methyl sites for hydroxylation is 1. The van der Waals surface area contributed by atoms with Gasteiger partial charge in [-0.1, -0.05) is 19.3 Å². The minimum absolute atomic E-state index is 0.0561. The summed E-state index contributed by atoms with van der Waals surface area (Å²) in [4.78, 5) is 11.3. The summed E-state index contributed by atoms with van der Waals surface area (Å²) in [5.74, 6) is 0.810. The Bertz CT molecular complexity index is 459. The van der Waals surface area contributed by atoms with Crippen molar-refractivity contribution in [1.29, 1.82) is 0 Å². The van der Waals surface area contributed by atoms with Gasteiger partial charge in [-0.25, -0.2) is 0 Å². The molecule has 3 heteroatoms. The van der Waals surface area contributed by atoms with Crippen LogP contribution in [0.4, 0.5) is 0 Å². The van der Waals surface area contributed by atoms with E-state index >= 15 is 0 Å². The standard InChI is InChI=1S/C16H22O3/c1-12-10-14(13(2)17)6-7-15(12)19-11-16(18)8-4-3-5-9-16/h6-7,10,18H,3-5,8-9,11H2,1-2H3. The monoisotopic (exact) mass is 262 g/mol. The van der Waals surface area contributed by atoms with Crippen molar-refractivity contribution >= 4 is 5.78 Å². The van der Waals surface area contributed by atoms with Gasteiger partial charge in [0.25, 0.3) is 0 Å². The van der Waals surface area contributed by atoms with Crippen molar-refractivity contribution in [2.45, 2.75) is 51.6 Å². The van der Waals surface area contributed by atoms with Crippen molar-refractivity contribution in [3.05, 3.63) is 29.3 Å². The van der Waals surface area contributed by atoms with E-state index < -0.39 is 5.60 Å². The quantitative estimate of drug-likeness (QED) is 0.847. The highest BCUT2D eigenvalue weighted by atomic mass is 16.5. The Kier molecular flexibility index (Phi) is 4.25. The number of aliphatic hydroxyl groups is 1. The Morgan fingerprint density at radius 3 is 2.58 bits per heavy atom. The minimum atomic E-state index is -0.677. The smallest absolute Gasteiger partial charge is 0.159 e. The lowest BCUT2D eigenvalue weighted by molar-refractivity contribution is -0.0340. The molecule has 0 unspecified atom stereocenters. The molecule has 1 aliphatic carbocycles. The van der Waals surface area contributed by atoms with Gasteiger partial charge in [0.05, 0.1) is 5.60 Å². The van der Waals surface area contributed by atoms with Gasteiger partial charge in [-0.2, -0.15) is 0 Å². The van der Waals surface area contributed by atoms with Gasteiger partial charge in [0.15, 0.2) is 5.78 Å². The summed E-state index contributed by atoms with van der Waals surface area (Å²) in [7, 11) is 0. The van der Waals surface area contributed by atoms with E-state index in [1.54, 1.807) is 13.0 Å². The molecule has 104 valence electrons. The highest BCUT2D eigenvalue weighted by Gasteiger charge is 2.30. The molecule has 1 N–H and O–H groups in total. The highest BCUT2D eigenvalue weighted by molar-refractivity contribution is 5.94. The van der Waals surface area contributed by atoms with E-state index in [0.29, 0.717) is 12.2 Å². The van der Waals surface area contributed by atoms with E-state index in [2.05, 4.69) is 0 Å². The molecule has 1 aromatic carbocycles. The average Bonchev–Trinajstić information content (AvgIpc) is 2.38. The van der Waals surface area contributed by atoms with Gasteiger partial charge >= 0.3 is 0 Å². The molecular weight excluding hydrogens is 240 g/mol. The zero-order valence-electron chi connectivity index (χ0n) is 11.7. The number of ether oxygens (including phenoxy) is 1. The molecule has 2 rings (SSSR count). The third-order valence-electron chi connectivity index (χ3n) is 3.86. The molecule has 0 heterocycles. The maximum atomic E-state index is 11.3. The summed E-state index contributed by atoms with van der Waals surface area (Å²) >= 11 is 0. The Labute approximate surface area is 114 Å². The van der Waals surface area contributed by atoms with Crippen molar-refractivity contribution in [1.82, 2.24) is 0 Å². The number of rotatable bonds is 4. The zero-order valence-corrected chi connectivity index (χ0v) is 11.7. The van der Waals surface area contributed by atoms with Crippen LogP contribution in [-0.4, -0.2) is 23.1 Å². The molecule has 0 spiro atoms. The van der Waals surface area contributed by atoms with E-state index in [1.165, 1.54) is 6.42 Å². The van der Waals surface area contributed by atoms with Crippen LogP contribution in [0.1, 0.15) is 54.9 Å². The second-order valence-corrected chi connectivity index (χ2v) is 5.61. The number of hydrogen-bond donors (Lipinski definition) is 1. The first-order chi connectivity index (χ1) is 9.00. The van der Waals surface area contributed by atoms with Crippen LogP contribution in [0.25, 0.3) is 0 Å². The second-order valence-electron chi connectivity index (χ2n) is 5.61. The van der Waals surface area contributed by atoms with Crippen LogP contribution >= 0.6 is 0 Å². The van der Waals surface area contributed by atoms with Crippen molar-refractivity contribution in [3.8, 4) is 5.75 Å². The predicted octanol–water partition coefficient (Wildman–Crippen LogP) is 3.27. The predicted molar refractivity (Wildman–Crippen MR) is 74.7 cm³/mol. The third-order valence-corrected chi connectivity index (χ3v) is 3.86. The number of carbonyl (C=O) groups is 1. The first kappa shape index (κ1) is 14.1. The van der Waals surface area contributed by atoms with Crippen LogP contribution in [0.3, 0.4) is 0 Å². The maximum Gasteiger partial charge on any atom is 0.159 e. The molecule has 0 amide bonds. The average molecular weight is 262 g/mol. The molecule has 0 saturated heterocycles. The molecule has 1 aromatic rings. The van der Waals surface area contributed by atoms with Crippen molar-refractivity contribution in [2.24, 2.45) is 0 Å². The van der Waals surface area contributed by atoms with Crippen LogP contribution in [0, 0.1) is 6.92 Å². The Balaban J connectivity index is 2.01. The zero-order chi connectivity index (χ0) is 13.9. The number of Topliss-reactive ketones (excluding diaryl/α,β-unsaturated/α-hetero) is 1. The summed E-state index contributed by atoms with van der Waals surface area (Å²) in [5.41, 5.74) is 0.956. The number of hydrogen-bond acceptors (Lipinski definition) is 3. The fourth-order valence-electron chi connectivity index (χ4n) is 2.60. The van der Waals surface area contributed by atoms with Gasteiger partial charge in [0, 0.05) is 5.56 Å². The molecule has 0 aromatic heterocycles. The lowest BCUT2D eigenvalue weighted by Crippen LogP contribution is -2.38. The molecule has 0 bridgehead atoms. The molecule has 0 aliphatic heterocycles. The van der Waals surface area contributed by atoms with Gasteiger partial charge < -0.3 is 9.84 Å². The van der Waals surface area contributed by atoms with Gasteiger partial charge in [-0.15, -0.1) is 0 Å². The lowest BCUT2D eigenvalue weighted by atomic mass is 9.85. The summed E-state index contributed by atoms with van der Waals surface area (Å²) in [6.45, 7) is 3.82. The minimum Gasteiger partial charge on any atom is -0.490 e. The van der Waals surface area contributed by atoms with Gasteiger partial charge in [-0.3, -0.25) is 4.79 Å². The second kappa shape index (κ2) is 5.74. The maximum absolute atomic E-state index is 11.3. The number of ketones is 1. The molecule has 0 radical (unpaired) electrons. The van der Waals surface area contributed by atoms with Crippen LogP contribution in [0.15, 0.2) is 18.2 Å². The van der Waals surface area contributed by atoms with E-state index in [0.717, 1.165) is 37.0 Å². The van der Waals surface area contributed by atoms with E-state index in [1.807, 2.05) is 19.1 Å². The van der Waals surface area contributed by atoms with Gasteiger partial charge in [0.1, 0.15) is 12.4 Å². The SMILES string of the molecule is CC(=O)c1ccc(OCC2(O)CCCCC2)c(C)c1. The number of benzene rings is 1. The fourth-order valence-corrected chi connectivity index (χ4v) is 2.60. The molecule has 1 aliphatic rings. The molecule has 3 nitrogen and oxygen atoms in total. The van der Waals surface area contributed by atoms with E-state index in [9.17, 15) is 9.90 Å². The normalized spacial score (nSPS) is 18.1. The Morgan fingerprint density at radius 2 is 2.00 bits per heavy atom. The largest absolute Gasteiger partial charge is 0.490 e. The summed E-state index contributed by atoms with van der Waals surface area (Å²) < 4.78 is 5.75. The first-order valence-corrected chi connectivity index (χ1v) is 6.97. The Morgan fingerprint density at radius 1 is 1.32 bits per heavy atom. The molecule has 0 atom stereocenters. The fraction of sp³-hybridized carbons (Fsp3) is 0.562. The van der Waals surface area contributed by atoms with E-state index in [4.69, 9.17) is 4.74 Å². The topological polar surface area (TPSA) is 46.5 Å². The molecule has 1 saturated carbocycles. The van der Waals surface area contributed by atoms with Crippen LogP contribution in [0.2, 0.25) is 0 Å². The molecule has 1 fully saturated rings. The Hall–Kier alpha value is -1.35. The van der Waals surface area contributed by atoms with Gasteiger partial charge in [-0.05, 0) is 50.5 Å². The third kappa shape index (κ3) is 3.57. The van der Waals surface area contributed by atoms with Gasteiger partial charge in [0.2, 0.25) is 0 Å². The molecular formula is C16H22O3. The van der Waals surface area contributed by atoms with Crippen LogP contribution in [0.5, 0.6) is 5.75 Å². The summed E-state index contributed by atoms with van der Waals surface area (Å²) in [5, 5.41) is 10.4. The summed E-state index contributed by atoms with van der Waals surface area (Å²) in [6, 6.07) is 5.43. The summed E-state index contributed by atoms with van der Waals surface area (Å²) in [6.07, 6.45) is 4.98. The lowest BCUT2D eigenvalue weighted by Gasteiger charge is -2.31. The van der Waals surface area contributed by atoms with Crippen molar-refractivity contribution in [3.63, 3.8) is 0 Å². The highest BCUT2D eigenvalue weighted by Crippen LogP contribution is 2.29.